The fraction of sp³-hybridized carbons (Fsp3) is 0.375. The maximum atomic E-state index is 15.2. The minimum absolute atomic E-state index is 0.0138. The Labute approximate surface area is 219 Å². The average Bonchev–Trinajstić information content (AvgIpc) is 3.56. The molecule has 1 fully saturated rings. The molecule has 5 rings (SSSR count). The number of aromatic nitrogens is 5. The predicted molar refractivity (Wildman–Crippen MR) is 131 cm³/mol. The van der Waals surface area contributed by atoms with Crippen LogP contribution in [0.1, 0.15) is 41.6 Å². The van der Waals surface area contributed by atoms with Gasteiger partial charge in [0.15, 0.2) is 5.82 Å². The van der Waals surface area contributed by atoms with Gasteiger partial charge in [-0.3, -0.25) is 4.79 Å². The molecule has 4 heterocycles. The number of aliphatic hydroxyl groups is 1. The number of likely N-dealkylation sites (N-methyl/N-ethyl adjacent to an activating group) is 1. The van der Waals surface area contributed by atoms with Crippen molar-refractivity contribution in [2.24, 2.45) is 0 Å². The topological polar surface area (TPSA) is 125 Å². The van der Waals surface area contributed by atoms with Gasteiger partial charge in [-0.25, -0.2) is 18.7 Å². The highest BCUT2D eigenvalue weighted by molar-refractivity contribution is 5.95. The van der Waals surface area contributed by atoms with Gasteiger partial charge >= 0.3 is 6.43 Å². The molecule has 15 heteroatoms. The Balaban J connectivity index is 1.34. The lowest BCUT2D eigenvalue weighted by Gasteiger charge is -2.31. The molecule has 0 atom stereocenters. The van der Waals surface area contributed by atoms with Crippen molar-refractivity contribution in [3.63, 3.8) is 0 Å². The maximum absolute atomic E-state index is 15.2. The number of fused-ring (bicyclic) bond motifs is 1. The first kappa shape index (κ1) is 26.3. The van der Waals surface area contributed by atoms with Crippen LogP contribution in [0.4, 0.5) is 35.0 Å². The Morgan fingerprint density at radius 2 is 2.00 bits per heavy atom. The van der Waals surface area contributed by atoms with E-state index in [0.717, 1.165) is 6.07 Å². The zero-order chi connectivity index (χ0) is 27.7. The van der Waals surface area contributed by atoms with E-state index < -0.39 is 29.9 Å². The second kappa shape index (κ2) is 10.8. The van der Waals surface area contributed by atoms with Crippen molar-refractivity contribution in [2.45, 2.75) is 25.3 Å². The van der Waals surface area contributed by atoms with Crippen molar-refractivity contribution < 1.29 is 32.0 Å². The first-order chi connectivity index (χ1) is 18.8. The largest absolute Gasteiger partial charge is 0.395 e. The van der Waals surface area contributed by atoms with Gasteiger partial charge in [0.05, 0.1) is 17.7 Å². The van der Waals surface area contributed by atoms with Crippen LogP contribution in [0.2, 0.25) is 0 Å². The molecule has 0 bridgehead atoms. The molecule has 0 aliphatic carbocycles. The molecule has 1 aliphatic heterocycles. The molecule has 11 nitrogen and oxygen atoms in total. The standard InChI is InChI=1S/C24H24F4N8O3/c1-34(8-9-37)23(38)13-2-3-17(15(25)10-13)31-20-18-16(26)11-36(21(18)30-12-29-20)14-4-6-35(7-5-14)24-32-22(19(27)28)39-33-24/h2-3,10-12,14,19,37H,4-9H2,1H3,(H,29,30,31). The Kier molecular flexibility index (Phi) is 7.32. The number of amides is 1. The van der Waals surface area contributed by atoms with Crippen molar-refractivity contribution in [2.75, 3.05) is 43.5 Å². The van der Waals surface area contributed by atoms with Crippen LogP contribution in [-0.2, 0) is 0 Å². The number of carbonyl (C=O) groups excluding carboxylic acids is 1. The van der Waals surface area contributed by atoms with Gasteiger partial charge in [-0.1, -0.05) is 0 Å². The fourth-order valence-corrected chi connectivity index (χ4v) is 4.55. The van der Waals surface area contributed by atoms with Crippen molar-refractivity contribution in [3.8, 4) is 0 Å². The smallest absolute Gasteiger partial charge is 0.316 e. The monoisotopic (exact) mass is 548 g/mol. The molecule has 0 saturated carbocycles. The Morgan fingerprint density at radius 1 is 1.23 bits per heavy atom. The lowest BCUT2D eigenvalue weighted by molar-refractivity contribution is 0.0766. The molecule has 39 heavy (non-hydrogen) atoms. The molecule has 4 aromatic rings. The molecular formula is C24H24F4N8O3. The van der Waals surface area contributed by atoms with Crippen LogP contribution in [0, 0.1) is 11.6 Å². The fourth-order valence-electron chi connectivity index (χ4n) is 4.55. The van der Waals surface area contributed by atoms with Crippen LogP contribution in [-0.4, -0.2) is 73.9 Å². The second-order valence-electron chi connectivity index (χ2n) is 9.03. The summed E-state index contributed by atoms with van der Waals surface area (Å²) in [5.74, 6) is -2.41. The Morgan fingerprint density at radius 3 is 2.67 bits per heavy atom. The highest BCUT2D eigenvalue weighted by atomic mass is 19.3. The number of rotatable bonds is 8. The van der Waals surface area contributed by atoms with Crippen molar-refractivity contribution in [3.05, 3.63) is 53.8 Å². The lowest BCUT2D eigenvalue weighted by atomic mass is 10.1. The Bertz CT molecular complexity index is 1490. The summed E-state index contributed by atoms with van der Waals surface area (Å²) in [4.78, 5) is 27.4. The van der Waals surface area contributed by atoms with Crippen LogP contribution in [0.25, 0.3) is 11.0 Å². The van der Waals surface area contributed by atoms with E-state index in [1.807, 2.05) is 0 Å². The van der Waals surface area contributed by atoms with Gasteiger partial charge < -0.3 is 29.3 Å². The molecule has 3 aromatic heterocycles. The number of piperidine rings is 1. The number of nitrogens with zero attached hydrogens (tertiary/aromatic N) is 7. The minimum Gasteiger partial charge on any atom is -0.395 e. The summed E-state index contributed by atoms with van der Waals surface area (Å²) in [6.45, 7) is 0.729. The van der Waals surface area contributed by atoms with E-state index in [0.29, 0.717) is 31.6 Å². The molecule has 0 unspecified atom stereocenters. The minimum atomic E-state index is -2.85. The quantitative estimate of drug-likeness (QED) is 0.317. The summed E-state index contributed by atoms with van der Waals surface area (Å²) in [5.41, 5.74) is 0.387. The van der Waals surface area contributed by atoms with Crippen LogP contribution < -0.4 is 10.2 Å². The number of hydrogen-bond acceptors (Lipinski definition) is 9. The second-order valence-corrected chi connectivity index (χ2v) is 9.03. The van der Waals surface area contributed by atoms with Crippen molar-refractivity contribution in [1.82, 2.24) is 29.6 Å². The zero-order valence-corrected chi connectivity index (χ0v) is 20.7. The molecule has 0 spiro atoms. The maximum Gasteiger partial charge on any atom is 0.316 e. The van der Waals surface area contributed by atoms with Gasteiger partial charge in [0.2, 0.25) is 0 Å². The van der Waals surface area contributed by atoms with E-state index >= 15 is 4.39 Å². The van der Waals surface area contributed by atoms with Gasteiger partial charge in [0.25, 0.3) is 17.7 Å². The van der Waals surface area contributed by atoms with Crippen LogP contribution in [0.5, 0.6) is 0 Å². The molecule has 2 N–H and O–H groups in total. The van der Waals surface area contributed by atoms with E-state index in [1.165, 1.54) is 36.6 Å². The number of hydrogen-bond donors (Lipinski definition) is 2. The molecule has 0 radical (unpaired) electrons. The zero-order valence-electron chi connectivity index (χ0n) is 20.7. The number of alkyl halides is 2. The van der Waals surface area contributed by atoms with Gasteiger partial charge in [-0.15, -0.1) is 0 Å². The Hall–Kier alpha value is -4.27. The van der Waals surface area contributed by atoms with E-state index in [4.69, 9.17) is 5.11 Å². The third-order valence-electron chi connectivity index (χ3n) is 6.57. The molecule has 1 amide bonds. The summed E-state index contributed by atoms with van der Waals surface area (Å²) < 4.78 is 61.8. The highest BCUT2D eigenvalue weighted by Crippen LogP contribution is 2.34. The SMILES string of the molecule is CN(CCO)C(=O)c1ccc(Nc2ncnc3c2c(F)cn3C2CCN(c3noc(C(F)F)n3)CC2)c(F)c1. The molecule has 1 saturated heterocycles. The summed E-state index contributed by atoms with van der Waals surface area (Å²) in [7, 11) is 1.49. The van der Waals surface area contributed by atoms with Gasteiger partial charge in [-0.05, 0) is 36.2 Å². The number of carbonyl (C=O) groups is 1. The molecule has 206 valence electrons. The highest BCUT2D eigenvalue weighted by Gasteiger charge is 2.28. The van der Waals surface area contributed by atoms with Crippen LogP contribution in [0.3, 0.4) is 0 Å². The molecule has 1 aromatic carbocycles. The third-order valence-corrected chi connectivity index (χ3v) is 6.57. The van der Waals surface area contributed by atoms with E-state index in [-0.39, 0.29) is 47.6 Å². The van der Waals surface area contributed by atoms with Gasteiger partial charge in [0.1, 0.15) is 23.6 Å². The number of halogens is 4. The number of nitrogens with one attached hydrogen (secondary N) is 1. The van der Waals surface area contributed by atoms with Gasteiger partial charge in [0, 0.05) is 44.5 Å². The lowest BCUT2D eigenvalue weighted by Crippen LogP contribution is -2.35. The number of benzene rings is 1. The van der Waals surface area contributed by atoms with Crippen molar-refractivity contribution >= 4 is 34.4 Å². The van der Waals surface area contributed by atoms with Crippen LogP contribution in [0.15, 0.2) is 35.2 Å². The van der Waals surface area contributed by atoms with E-state index in [2.05, 4.69) is 29.9 Å². The predicted octanol–water partition coefficient (Wildman–Crippen LogP) is 3.68. The average molecular weight is 549 g/mol. The van der Waals surface area contributed by atoms with Crippen LogP contribution >= 0.6 is 0 Å². The number of aliphatic hydroxyl groups excluding tert-OH is 1. The normalized spacial score (nSPS) is 14.4. The number of anilines is 3. The van der Waals surface area contributed by atoms with Crippen molar-refractivity contribution in [1.29, 1.82) is 0 Å². The molecule has 1 aliphatic rings. The van der Waals surface area contributed by atoms with E-state index in [1.54, 1.807) is 9.47 Å². The first-order valence-corrected chi connectivity index (χ1v) is 12.1. The molecular weight excluding hydrogens is 524 g/mol. The summed E-state index contributed by atoms with van der Waals surface area (Å²) in [6.07, 6.45) is 0.754. The summed E-state index contributed by atoms with van der Waals surface area (Å²) >= 11 is 0. The van der Waals surface area contributed by atoms with Gasteiger partial charge in [-0.2, -0.15) is 13.8 Å². The summed E-state index contributed by atoms with van der Waals surface area (Å²) in [6, 6.07) is 3.67. The summed E-state index contributed by atoms with van der Waals surface area (Å²) in [5, 5.41) is 15.5. The first-order valence-electron chi connectivity index (χ1n) is 12.1. The van der Waals surface area contributed by atoms with E-state index in [9.17, 15) is 18.0 Å². The third kappa shape index (κ3) is 5.21.